The van der Waals surface area contributed by atoms with Gasteiger partial charge in [0.15, 0.2) is 0 Å². The highest BCUT2D eigenvalue weighted by Crippen LogP contribution is 2.32. The number of carbonyl (C=O) groups excluding carboxylic acids is 1. The minimum absolute atomic E-state index is 0.0381. The molecule has 0 saturated carbocycles. The third kappa shape index (κ3) is 5.82. The first kappa shape index (κ1) is 23.5. The first-order valence-electron chi connectivity index (χ1n) is 11.1. The topological polar surface area (TPSA) is 88.2 Å². The number of rotatable bonds is 8. The quantitative estimate of drug-likeness (QED) is 0.629. The summed E-state index contributed by atoms with van der Waals surface area (Å²) in [7, 11) is -3.69. The van der Waals surface area contributed by atoms with Crippen molar-refractivity contribution in [3.05, 3.63) is 48.3 Å². The molecule has 178 valence electrons. The zero-order chi connectivity index (χ0) is 23.3. The van der Waals surface area contributed by atoms with E-state index in [-0.39, 0.29) is 23.8 Å². The highest BCUT2D eigenvalue weighted by molar-refractivity contribution is 7.89. The van der Waals surface area contributed by atoms with Crippen molar-refractivity contribution in [1.82, 2.24) is 4.31 Å². The van der Waals surface area contributed by atoms with Crippen LogP contribution in [0.15, 0.2) is 47.4 Å². The van der Waals surface area contributed by atoms with Gasteiger partial charge in [-0.2, -0.15) is 4.31 Å². The lowest BCUT2D eigenvalue weighted by molar-refractivity contribution is -0.116. The van der Waals surface area contributed by atoms with Crippen LogP contribution in [-0.2, 0) is 19.6 Å². The van der Waals surface area contributed by atoms with E-state index in [0.29, 0.717) is 37.7 Å². The normalized spacial score (nSPS) is 17.2. The molecule has 0 unspecified atom stereocenters. The number of hydrogen-bond acceptors (Lipinski definition) is 6. The Bertz CT molecular complexity index is 1080. The van der Waals surface area contributed by atoms with Crippen molar-refractivity contribution in [2.75, 3.05) is 56.2 Å². The fraction of sp³-hybridized carbons (Fsp3) is 0.435. The number of nitrogens with one attached hydrogen (secondary N) is 1. The van der Waals surface area contributed by atoms with E-state index in [1.165, 1.54) is 28.6 Å². The van der Waals surface area contributed by atoms with Crippen LogP contribution in [0.25, 0.3) is 0 Å². The molecular formula is C23H28FN3O5S. The Kier molecular flexibility index (Phi) is 7.46. The van der Waals surface area contributed by atoms with E-state index in [4.69, 9.17) is 9.47 Å². The monoisotopic (exact) mass is 477 g/mol. The van der Waals surface area contributed by atoms with E-state index in [0.717, 1.165) is 31.6 Å². The summed E-state index contributed by atoms with van der Waals surface area (Å²) < 4.78 is 51.6. The average Bonchev–Trinajstić information content (AvgIpc) is 3.34. The van der Waals surface area contributed by atoms with E-state index in [1.54, 1.807) is 18.2 Å². The molecule has 0 bridgehead atoms. The molecule has 2 aromatic rings. The molecule has 10 heteroatoms. The molecule has 1 amide bonds. The number of anilines is 2. The molecule has 2 fully saturated rings. The number of benzene rings is 2. The molecule has 0 aliphatic carbocycles. The highest BCUT2D eigenvalue weighted by atomic mass is 32.2. The van der Waals surface area contributed by atoms with Crippen LogP contribution in [0.1, 0.15) is 19.3 Å². The van der Waals surface area contributed by atoms with Crippen LogP contribution in [0, 0.1) is 5.82 Å². The fourth-order valence-electron chi connectivity index (χ4n) is 3.98. The number of hydrogen-bond donors (Lipinski definition) is 1. The van der Waals surface area contributed by atoms with E-state index in [9.17, 15) is 17.6 Å². The molecule has 4 rings (SSSR count). The van der Waals surface area contributed by atoms with Crippen LogP contribution in [0.4, 0.5) is 15.8 Å². The molecule has 2 aliphatic rings. The third-order valence-corrected chi connectivity index (χ3v) is 7.59. The third-order valence-electron chi connectivity index (χ3n) is 5.69. The van der Waals surface area contributed by atoms with Crippen LogP contribution >= 0.6 is 0 Å². The van der Waals surface area contributed by atoms with Crippen LogP contribution in [-0.4, -0.2) is 64.6 Å². The molecule has 2 heterocycles. The largest absolute Gasteiger partial charge is 0.493 e. The van der Waals surface area contributed by atoms with Crippen molar-refractivity contribution < 1.29 is 27.1 Å². The molecule has 0 aromatic heterocycles. The van der Waals surface area contributed by atoms with Crippen molar-refractivity contribution in [1.29, 1.82) is 0 Å². The second-order valence-electron chi connectivity index (χ2n) is 7.99. The van der Waals surface area contributed by atoms with Crippen LogP contribution in [0.5, 0.6) is 5.75 Å². The van der Waals surface area contributed by atoms with Crippen LogP contribution in [0.3, 0.4) is 0 Å². The predicted molar refractivity (Wildman–Crippen MR) is 123 cm³/mol. The number of carbonyl (C=O) groups is 1. The van der Waals surface area contributed by atoms with Gasteiger partial charge in [-0.05, 0) is 43.2 Å². The second kappa shape index (κ2) is 10.5. The molecule has 2 aliphatic heterocycles. The Morgan fingerprint density at radius 3 is 2.55 bits per heavy atom. The summed E-state index contributed by atoms with van der Waals surface area (Å²) in [5.74, 6) is -0.377. The van der Waals surface area contributed by atoms with Crippen molar-refractivity contribution in [3.63, 3.8) is 0 Å². The lowest BCUT2D eigenvalue weighted by atomic mass is 10.2. The van der Waals surface area contributed by atoms with Gasteiger partial charge in [0.05, 0.1) is 42.5 Å². The SMILES string of the molecule is O=C(CCOc1cccc(F)c1)Nc1cc(S(=O)(=O)N2CCOCC2)ccc1N1CCCC1. The molecule has 33 heavy (non-hydrogen) atoms. The molecule has 1 N–H and O–H groups in total. The first-order chi connectivity index (χ1) is 15.9. The number of halogens is 1. The number of nitrogens with zero attached hydrogens (tertiary/aromatic N) is 2. The minimum atomic E-state index is -3.69. The van der Waals surface area contributed by atoms with Crippen molar-refractivity contribution >= 4 is 27.3 Å². The first-order valence-corrected chi connectivity index (χ1v) is 12.5. The smallest absolute Gasteiger partial charge is 0.243 e. The number of ether oxygens (including phenoxy) is 2. The summed E-state index contributed by atoms with van der Waals surface area (Å²) in [6, 6.07) is 10.6. The summed E-state index contributed by atoms with van der Waals surface area (Å²) in [4.78, 5) is 14.9. The summed E-state index contributed by atoms with van der Waals surface area (Å²) in [5, 5.41) is 2.86. The zero-order valence-electron chi connectivity index (χ0n) is 18.3. The Labute approximate surface area is 193 Å². The molecular weight excluding hydrogens is 449 g/mol. The summed E-state index contributed by atoms with van der Waals surface area (Å²) >= 11 is 0. The van der Waals surface area contributed by atoms with E-state index >= 15 is 0 Å². The van der Waals surface area contributed by atoms with Gasteiger partial charge in [-0.15, -0.1) is 0 Å². The summed E-state index contributed by atoms with van der Waals surface area (Å²) in [6.45, 7) is 3.09. The van der Waals surface area contributed by atoms with E-state index < -0.39 is 15.8 Å². The molecule has 2 saturated heterocycles. The summed E-state index contributed by atoms with van der Waals surface area (Å²) in [6.07, 6.45) is 2.13. The highest BCUT2D eigenvalue weighted by Gasteiger charge is 2.28. The van der Waals surface area contributed by atoms with Gasteiger partial charge in [0.2, 0.25) is 15.9 Å². The van der Waals surface area contributed by atoms with E-state index in [1.807, 2.05) is 0 Å². The fourth-order valence-corrected chi connectivity index (χ4v) is 5.41. The predicted octanol–water partition coefficient (Wildman–Crippen LogP) is 2.85. The lowest BCUT2D eigenvalue weighted by Gasteiger charge is -2.27. The van der Waals surface area contributed by atoms with Gasteiger partial charge >= 0.3 is 0 Å². The summed E-state index contributed by atoms with van der Waals surface area (Å²) in [5.41, 5.74) is 1.26. The standard InChI is InChI=1S/C23H28FN3O5S/c24-18-4-3-5-19(16-18)32-13-8-23(28)25-21-17-20(6-7-22(21)26-9-1-2-10-26)33(29,30)27-11-14-31-15-12-27/h3-7,16-17H,1-2,8-15H2,(H,25,28). The Morgan fingerprint density at radius 2 is 1.82 bits per heavy atom. The average molecular weight is 478 g/mol. The van der Waals surface area contributed by atoms with Gasteiger partial charge in [0.1, 0.15) is 11.6 Å². The maximum atomic E-state index is 13.3. The lowest BCUT2D eigenvalue weighted by Crippen LogP contribution is -2.40. The Morgan fingerprint density at radius 1 is 1.06 bits per heavy atom. The maximum absolute atomic E-state index is 13.3. The van der Waals surface area contributed by atoms with Gasteiger partial charge in [-0.25, -0.2) is 12.8 Å². The maximum Gasteiger partial charge on any atom is 0.243 e. The molecule has 0 atom stereocenters. The van der Waals surface area contributed by atoms with Crippen molar-refractivity contribution in [2.24, 2.45) is 0 Å². The Balaban J connectivity index is 1.49. The second-order valence-corrected chi connectivity index (χ2v) is 9.93. The molecule has 2 aromatic carbocycles. The van der Waals surface area contributed by atoms with Crippen molar-refractivity contribution in [2.45, 2.75) is 24.2 Å². The van der Waals surface area contributed by atoms with Crippen molar-refractivity contribution in [3.8, 4) is 5.75 Å². The van der Waals surface area contributed by atoms with Crippen LogP contribution < -0.4 is 15.0 Å². The molecule has 8 nitrogen and oxygen atoms in total. The Hall–Kier alpha value is -2.69. The molecule has 0 spiro atoms. The number of amides is 1. The van der Waals surface area contributed by atoms with Crippen LogP contribution in [0.2, 0.25) is 0 Å². The van der Waals surface area contributed by atoms with Gasteiger partial charge in [-0.1, -0.05) is 6.07 Å². The van der Waals surface area contributed by atoms with Gasteiger partial charge < -0.3 is 19.7 Å². The number of morpholine rings is 1. The minimum Gasteiger partial charge on any atom is -0.493 e. The van der Waals surface area contributed by atoms with Gasteiger partial charge in [0, 0.05) is 32.2 Å². The zero-order valence-corrected chi connectivity index (χ0v) is 19.2. The molecule has 0 radical (unpaired) electrons. The van der Waals surface area contributed by atoms with Gasteiger partial charge in [-0.3, -0.25) is 4.79 Å². The van der Waals surface area contributed by atoms with Gasteiger partial charge in [0.25, 0.3) is 0 Å². The van der Waals surface area contributed by atoms with E-state index in [2.05, 4.69) is 10.2 Å². The number of sulfonamides is 1.